The number of anilines is 2. The Labute approximate surface area is 232 Å². The maximum absolute atomic E-state index is 13.1. The van der Waals surface area contributed by atoms with Gasteiger partial charge in [-0.1, -0.05) is 0 Å². The number of ether oxygens (including phenoxy) is 2. The Morgan fingerprint density at radius 3 is 2.38 bits per heavy atom. The molecule has 2 aliphatic heterocycles. The van der Waals surface area contributed by atoms with Gasteiger partial charge in [-0.3, -0.25) is 14.5 Å². The molecule has 0 unspecified atom stereocenters. The monoisotopic (exact) mass is 534 g/mol. The summed E-state index contributed by atoms with van der Waals surface area (Å²) >= 11 is 0. The van der Waals surface area contributed by atoms with Gasteiger partial charge in [0.05, 0.1) is 32.7 Å². The Hall–Kier alpha value is -3.26. The van der Waals surface area contributed by atoms with Gasteiger partial charge in [0.1, 0.15) is 0 Å². The molecule has 1 saturated carbocycles. The second kappa shape index (κ2) is 11.9. The van der Waals surface area contributed by atoms with Crippen molar-refractivity contribution in [2.45, 2.75) is 64.6 Å². The fraction of sp³-hybridized carbons (Fsp3) is 0.548. The van der Waals surface area contributed by atoms with Gasteiger partial charge >= 0.3 is 0 Å². The Morgan fingerprint density at radius 2 is 1.72 bits per heavy atom. The molecular formula is C31H42N4O4. The van der Waals surface area contributed by atoms with Gasteiger partial charge in [0.25, 0.3) is 0 Å². The molecule has 8 nitrogen and oxygen atoms in total. The predicted octanol–water partition coefficient (Wildman–Crippen LogP) is 4.00. The molecule has 0 bridgehead atoms. The molecule has 2 aromatic carbocycles. The van der Waals surface area contributed by atoms with Crippen molar-refractivity contribution in [3.8, 4) is 11.5 Å². The van der Waals surface area contributed by atoms with E-state index in [0.717, 1.165) is 42.1 Å². The summed E-state index contributed by atoms with van der Waals surface area (Å²) in [6, 6.07) is 12.9. The molecule has 2 fully saturated rings. The first-order valence-corrected chi connectivity index (χ1v) is 14.3. The number of nitrogens with one attached hydrogen (secondary N) is 1. The second-order valence-corrected chi connectivity index (χ2v) is 11.5. The lowest BCUT2D eigenvalue weighted by molar-refractivity contribution is -0.125. The lowest BCUT2D eigenvalue weighted by Gasteiger charge is -2.39. The van der Waals surface area contributed by atoms with Crippen molar-refractivity contribution < 1.29 is 19.1 Å². The van der Waals surface area contributed by atoms with Crippen molar-refractivity contribution in [2.75, 3.05) is 50.1 Å². The summed E-state index contributed by atoms with van der Waals surface area (Å²) in [6.07, 6.45) is 5.11. The Morgan fingerprint density at radius 1 is 1.00 bits per heavy atom. The lowest BCUT2D eigenvalue weighted by atomic mass is 9.84. The average Bonchev–Trinajstić information content (AvgIpc) is 2.93. The highest BCUT2D eigenvalue weighted by molar-refractivity contribution is 5.96. The van der Waals surface area contributed by atoms with Crippen LogP contribution < -0.4 is 24.6 Å². The van der Waals surface area contributed by atoms with E-state index in [0.29, 0.717) is 43.0 Å². The highest BCUT2D eigenvalue weighted by atomic mass is 16.5. The molecule has 2 heterocycles. The minimum absolute atomic E-state index is 0.0377. The molecular weight excluding hydrogens is 492 g/mol. The quantitative estimate of drug-likeness (QED) is 0.552. The van der Waals surface area contributed by atoms with Gasteiger partial charge in [0.15, 0.2) is 11.5 Å². The van der Waals surface area contributed by atoms with Crippen molar-refractivity contribution in [3.05, 3.63) is 47.5 Å². The molecule has 0 atom stereocenters. The van der Waals surface area contributed by atoms with Crippen LogP contribution >= 0.6 is 0 Å². The Kier molecular flexibility index (Phi) is 8.31. The van der Waals surface area contributed by atoms with E-state index in [1.165, 1.54) is 25.7 Å². The van der Waals surface area contributed by atoms with Crippen LogP contribution in [-0.2, 0) is 22.6 Å². The standard InChI is InChI=1S/C31H42N4O4/c1-21(2)39-29-16-24-19-35(31(37)17-23(24)15-28(29)38-4)27-11-9-25(10-12-27)33(3)18-22-5-7-26(8-6-22)34-14-13-32-30(36)20-34/h9-12,15-16,21-22,26H,5-8,13-14,17-20H2,1-4H3,(H,32,36). The van der Waals surface area contributed by atoms with Gasteiger partial charge in [-0.2, -0.15) is 0 Å². The molecule has 1 aliphatic carbocycles. The van der Waals surface area contributed by atoms with E-state index < -0.39 is 0 Å². The molecule has 0 spiro atoms. The van der Waals surface area contributed by atoms with Crippen LogP contribution in [0.25, 0.3) is 0 Å². The zero-order chi connectivity index (χ0) is 27.5. The number of piperazine rings is 1. The van der Waals surface area contributed by atoms with E-state index >= 15 is 0 Å². The normalized spacial score (nSPS) is 21.9. The van der Waals surface area contributed by atoms with Crippen molar-refractivity contribution in [2.24, 2.45) is 5.92 Å². The van der Waals surface area contributed by atoms with Crippen molar-refractivity contribution in [1.82, 2.24) is 10.2 Å². The number of carbonyl (C=O) groups is 2. The highest BCUT2D eigenvalue weighted by Crippen LogP contribution is 2.36. The van der Waals surface area contributed by atoms with Crippen LogP contribution in [0.4, 0.5) is 11.4 Å². The molecule has 2 amide bonds. The molecule has 0 aromatic heterocycles. The molecule has 0 radical (unpaired) electrons. The van der Waals surface area contributed by atoms with Crippen LogP contribution in [0.1, 0.15) is 50.7 Å². The number of hydrogen-bond acceptors (Lipinski definition) is 6. The number of benzene rings is 2. The SMILES string of the molecule is COc1cc2c(cc1OC(C)C)CN(c1ccc(N(C)CC3CCC(N4CCNC(=O)C4)CC3)cc1)C(=O)C2. The van der Waals surface area contributed by atoms with Gasteiger partial charge in [0.2, 0.25) is 11.8 Å². The fourth-order valence-electron chi connectivity index (χ4n) is 6.26. The molecule has 3 aliphatic rings. The van der Waals surface area contributed by atoms with Gasteiger partial charge in [-0.05, 0) is 93.0 Å². The largest absolute Gasteiger partial charge is 0.493 e. The number of rotatable bonds is 8. The number of carbonyl (C=O) groups excluding carboxylic acids is 2. The Balaban J connectivity index is 1.19. The van der Waals surface area contributed by atoms with E-state index in [4.69, 9.17) is 9.47 Å². The summed E-state index contributed by atoms with van der Waals surface area (Å²) in [5.74, 6) is 2.29. The minimum atomic E-state index is 0.0377. The van der Waals surface area contributed by atoms with E-state index in [1.54, 1.807) is 7.11 Å². The number of hydrogen-bond donors (Lipinski definition) is 1. The van der Waals surface area contributed by atoms with E-state index in [9.17, 15) is 9.59 Å². The first-order chi connectivity index (χ1) is 18.8. The minimum Gasteiger partial charge on any atom is -0.493 e. The zero-order valence-electron chi connectivity index (χ0n) is 23.7. The summed E-state index contributed by atoms with van der Waals surface area (Å²) in [5, 5.41) is 2.93. The number of fused-ring (bicyclic) bond motifs is 1. The maximum Gasteiger partial charge on any atom is 0.234 e. The molecule has 1 saturated heterocycles. The van der Waals surface area contributed by atoms with Gasteiger partial charge in [0, 0.05) is 44.1 Å². The van der Waals surface area contributed by atoms with E-state index in [1.807, 2.05) is 30.9 Å². The van der Waals surface area contributed by atoms with Crippen LogP contribution in [0.3, 0.4) is 0 Å². The van der Waals surface area contributed by atoms with E-state index in [-0.39, 0.29) is 17.9 Å². The summed E-state index contributed by atoms with van der Waals surface area (Å²) in [5.41, 5.74) is 4.17. The third-order valence-electron chi connectivity index (χ3n) is 8.35. The summed E-state index contributed by atoms with van der Waals surface area (Å²) in [7, 11) is 3.79. The zero-order valence-corrected chi connectivity index (χ0v) is 23.7. The van der Waals surface area contributed by atoms with Crippen LogP contribution in [-0.4, -0.2) is 69.2 Å². The van der Waals surface area contributed by atoms with Crippen molar-refractivity contribution >= 4 is 23.2 Å². The summed E-state index contributed by atoms with van der Waals surface area (Å²) < 4.78 is 11.5. The second-order valence-electron chi connectivity index (χ2n) is 11.5. The smallest absolute Gasteiger partial charge is 0.234 e. The fourth-order valence-corrected chi connectivity index (χ4v) is 6.26. The van der Waals surface area contributed by atoms with Crippen LogP contribution in [0.5, 0.6) is 11.5 Å². The molecule has 210 valence electrons. The van der Waals surface area contributed by atoms with Crippen molar-refractivity contribution in [3.63, 3.8) is 0 Å². The van der Waals surface area contributed by atoms with Crippen LogP contribution in [0, 0.1) is 5.92 Å². The molecule has 39 heavy (non-hydrogen) atoms. The van der Waals surface area contributed by atoms with E-state index in [2.05, 4.69) is 46.4 Å². The molecule has 5 rings (SSSR count). The maximum atomic E-state index is 13.1. The lowest BCUT2D eigenvalue weighted by Crippen LogP contribution is -2.52. The average molecular weight is 535 g/mol. The van der Waals surface area contributed by atoms with Gasteiger partial charge in [-0.25, -0.2) is 0 Å². The third kappa shape index (κ3) is 6.32. The molecule has 1 N–H and O–H groups in total. The van der Waals surface area contributed by atoms with Crippen LogP contribution in [0.15, 0.2) is 36.4 Å². The number of methoxy groups -OCH3 is 1. The first-order valence-electron chi connectivity index (χ1n) is 14.3. The molecule has 8 heteroatoms. The molecule has 2 aromatic rings. The van der Waals surface area contributed by atoms with Gasteiger partial charge < -0.3 is 24.6 Å². The topological polar surface area (TPSA) is 74.4 Å². The summed E-state index contributed by atoms with van der Waals surface area (Å²) in [4.78, 5) is 31.4. The number of amides is 2. The van der Waals surface area contributed by atoms with Gasteiger partial charge in [-0.15, -0.1) is 0 Å². The predicted molar refractivity (Wildman–Crippen MR) is 154 cm³/mol. The summed E-state index contributed by atoms with van der Waals surface area (Å²) in [6.45, 7) is 7.82. The highest BCUT2D eigenvalue weighted by Gasteiger charge is 2.30. The number of nitrogens with zero attached hydrogens (tertiary/aromatic N) is 3. The first kappa shape index (κ1) is 27.3. The van der Waals surface area contributed by atoms with Crippen molar-refractivity contribution in [1.29, 1.82) is 0 Å². The third-order valence-corrected chi connectivity index (χ3v) is 8.35. The van der Waals surface area contributed by atoms with Crippen LogP contribution in [0.2, 0.25) is 0 Å². The Bertz CT molecular complexity index is 1170.